The van der Waals surface area contributed by atoms with Crippen LogP contribution in [0.5, 0.6) is 11.5 Å². The largest absolute Gasteiger partial charge is 0.507 e. The summed E-state index contributed by atoms with van der Waals surface area (Å²) in [5.74, 6) is -0.516. The summed E-state index contributed by atoms with van der Waals surface area (Å²) in [6.45, 7) is 3.79. The van der Waals surface area contributed by atoms with E-state index in [9.17, 15) is 14.7 Å². The maximum Gasteiger partial charge on any atom is 0.201 e. The Labute approximate surface area is 134 Å². The van der Waals surface area contributed by atoms with E-state index in [0.29, 0.717) is 16.9 Å². The molecule has 4 nitrogen and oxygen atoms in total. The van der Waals surface area contributed by atoms with Gasteiger partial charge < -0.3 is 9.84 Å². The van der Waals surface area contributed by atoms with Crippen LogP contribution in [0.4, 0.5) is 0 Å². The third kappa shape index (κ3) is 2.23. The Balaban J connectivity index is 2.31. The molecule has 0 unspecified atom stereocenters. The van der Waals surface area contributed by atoms with Crippen LogP contribution >= 0.6 is 0 Å². The zero-order valence-electron chi connectivity index (χ0n) is 13.1. The number of hydrogen-bond donors (Lipinski definition) is 1. The lowest BCUT2D eigenvalue weighted by Crippen LogP contribution is -2.22. The van der Waals surface area contributed by atoms with Crippen molar-refractivity contribution >= 4 is 17.6 Å². The van der Waals surface area contributed by atoms with Gasteiger partial charge in [-0.05, 0) is 26.0 Å². The molecule has 3 rings (SSSR count). The minimum Gasteiger partial charge on any atom is -0.507 e. The van der Waals surface area contributed by atoms with E-state index in [1.54, 1.807) is 36.4 Å². The second kappa shape index (κ2) is 5.39. The number of phenolic OH excluding ortho intramolecular Hbond substituents is 1. The zero-order valence-corrected chi connectivity index (χ0v) is 13.1. The smallest absolute Gasteiger partial charge is 0.201 e. The average Bonchev–Trinajstić information content (AvgIpc) is 2.53. The number of allylic oxidation sites excluding steroid dienone is 1. The molecule has 0 atom stereocenters. The maximum absolute atomic E-state index is 12.9. The highest BCUT2D eigenvalue weighted by Crippen LogP contribution is 2.38. The monoisotopic (exact) mass is 308 g/mol. The number of hydrogen-bond acceptors (Lipinski definition) is 4. The molecule has 0 amide bonds. The number of carbonyl (C=O) groups excluding carboxylic acids is 2. The summed E-state index contributed by atoms with van der Waals surface area (Å²) < 4.78 is 5.21. The summed E-state index contributed by atoms with van der Waals surface area (Å²) in [5.41, 5.74) is 2.27. The lowest BCUT2D eigenvalue weighted by Gasteiger charge is -2.21. The summed E-state index contributed by atoms with van der Waals surface area (Å²) in [5, 5.41) is 10.5. The summed E-state index contributed by atoms with van der Waals surface area (Å²) in [6, 6.07) is 8.14. The Morgan fingerprint density at radius 1 is 1.00 bits per heavy atom. The van der Waals surface area contributed by atoms with Crippen molar-refractivity contribution < 1.29 is 19.4 Å². The minimum atomic E-state index is -0.395. The molecule has 116 valence electrons. The van der Waals surface area contributed by atoms with Gasteiger partial charge in [0.05, 0.1) is 18.2 Å². The number of phenols is 1. The number of methoxy groups -OCH3 is 1. The summed E-state index contributed by atoms with van der Waals surface area (Å²) in [4.78, 5) is 25.6. The number of aromatic hydroxyl groups is 1. The molecular weight excluding hydrogens is 292 g/mol. The van der Waals surface area contributed by atoms with Crippen molar-refractivity contribution in [3.05, 3.63) is 63.7 Å². The molecule has 1 aliphatic rings. The second-order valence-corrected chi connectivity index (χ2v) is 5.69. The Kier molecular flexibility index (Phi) is 3.52. The van der Waals surface area contributed by atoms with Gasteiger partial charge in [0.1, 0.15) is 11.5 Å². The summed E-state index contributed by atoms with van der Waals surface area (Å²) in [6.07, 6.45) is 1.77. The Morgan fingerprint density at radius 2 is 1.70 bits per heavy atom. The molecule has 4 heteroatoms. The third-order valence-corrected chi connectivity index (χ3v) is 3.84. The van der Waals surface area contributed by atoms with Gasteiger partial charge in [0, 0.05) is 16.7 Å². The molecule has 1 aliphatic carbocycles. The van der Waals surface area contributed by atoms with Crippen molar-refractivity contribution in [3.63, 3.8) is 0 Å². The van der Waals surface area contributed by atoms with E-state index in [0.717, 1.165) is 5.57 Å². The number of ketones is 2. The predicted octanol–water partition coefficient (Wildman–Crippen LogP) is 3.60. The highest BCUT2D eigenvalue weighted by atomic mass is 16.5. The highest BCUT2D eigenvalue weighted by Gasteiger charge is 2.34. The first-order valence-electron chi connectivity index (χ1n) is 7.23. The number of carbonyl (C=O) groups is 2. The molecule has 0 fully saturated rings. The number of ether oxygens (including phenoxy) is 1. The van der Waals surface area contributed by atoms with Gasteiger partial charge in [-0.1, -0.05) is 29.8 Å². The third-order valence-electron chi connectivity index (χ3n) is 3.84. The topological polar surface area (TPSA) is 63.6 Å². The van der Waals surface area contributed by atoms with Gasteiger partial charge >= 0.3 is 0 Å². The van der Waals surface area contributed by atoms with Crippen molar-refractivity contribution in [2.75, 3.05) is 7.11 Å². The molecule has 1 N–H and O–H groups in total. The fourth-order valence-electron chi connectivity index (χ4n) is 2.85. The fraction of sp³-hybridized carbons (Fsp3) is 0.158. The van der Waals surface area contributed by atoms with Crippen molar-refractivity contribution in [2.24, 2.45) is 0 Å². The van der Waals surface area contributed by atoms with Gasteiger partial charge in [-0.15, -0.1) is 0 Å². The van der Waals surface area contributed by atoms with E-state index in [1.807, 2.05) is 13.8 Å². The fourth-order valence-corrected chi connectivity index (χ4v) is 2.85. The predicted molar refractivity (Wildman–Crippen MR) is 87.3 cm³/mol. The number of rotatable bonds is 2. The first kappa shape index (κ1) is 15.0. The quantitative estimate of drug-likeness (QED) is 0.785. The molecule has 2 aromatic carbocycles. The van der Waals surface area contributed by atoms with Crippen LogP contribution in [0.1, 0.15) is 51.3 Å². The molecule has 23 heavy (non-hydrogen) atoms. The van der Waals surface area contributed by atoms with E-state index in [4.69, 9.17) is 4.74 Å². The van der Waals surface area contributed by atoms with Crippen LogP contribution in [0.25, 0.3) is 6.08 Å². The van der Waals surface area contributed by atoms with Crippen molar-refractivity contribution in [1.29, 1.82) is 0 Å². The van der Waals surface area contributed by atoms with Gasteiger partial charge in [-0.2, -0.15) is 0 Å². The van der Waals surface area contributed by atoms with E-state index in [1.165, 1.54) is 7.11 Å². The highest BCUT2D eigenvalue weighted by molar-refractivity contribution is 6.30. The first-order valence-corrected chi connectivity index (χ1v) is 7.23. The van der Waals surface area contributed by atoms with Crippen LogP contribution < -0.4 is 4.74 Å². The van der Waals surface area contributed by atoms with Crippen LogP contribution in [0.15, 0.2) is 35.9 Å². The Morgan fingerprint density at radius 3 is 2.35 bits per heavy atom. The first-order chi connectivity index (χ1) is 11.0. The van der Waals surface area contributed by atoms with Crippen LogP contribution in [0, 0.1) is 0 Å². The van der Waals surface area contributed by atoms with Crippen LogP contribution in [0.2, 0.25) is 0 Å². The average molecular weight is 308 g/mol. The van der Waals surface area contributed by atoms with Crippen LogP contribution in [-0.4, -0.2) is 23.8 Å². The molecule has 0 heterocycles. The van der Waals surface area contributed by atoms with E-state index in [2.05, 4.69) is 0 Å². The van der Waals surface area contributed by atoms with Gasteiger partial charge in [0.2, 0.25) is 5.78 Å². The molecule has 0 spiro atoms. The van der Waals surface area contributed by atoms with Crippen molar-refractivity contribution in [2.45, 2.75) is 13.8 Å². The lowest BCUT2D eigenvalue weighted by atomic mass is 9.82. The molecular formula is C19H16O4. The van der Waals surface area contributed by atoms with Gasteiger partial charge in [-0.3, -0.25) is 9.59 Å². The Bertz CT molecular complexity index is 871. The lowest BCUT2D eigenvalue weighted by molar-refractivity contribution is 0.0974. The minimum absolute atomic E-state index is 0.0435. The van der Waals surface area contributed by atoms with Gasteiger partial charge in [-0.25, -0.2) is 0 Å². The standard InChI is InChI=1S/C19H16O4/c1-10(2)9-11-7-8-13-16(17(11)20)19(22)15-12(18(13)21)5-4-6-14(15)23-3/h4-9,20H,1-3H3. The SMILES string of the molecule is COc1cccc2c1C(=O)c1c(ccc(C=C(C)C)c1O)C2=O. The molecule has 0 radical (unpaired) electrons. The zero-order chi connectivity index (χ0) is 16.7. The molecule has 0 saturated heterocycles. The molecule has 0 aromatic heterocycles. The van der Waals surface area contributed by atoms with Gasteiger partial charge in [0.15, 0.2) is 5.78 Å². The molecule has 2 aromatic rings. The number of fused-ring (bicyclic) bond motifs is 2. The van der Waals surface area contributed by atoms with E-state index in [-0.39, 0.29) is 28.2 Å². The summed E-state index contributed by atoms with van der Waals surface area (Å²) >= 11 is 0. The molecule has 0 saturated carbocycles. The van der Waals surface area contributed by atoms with Crippen LogP contribution in [0.3, 0.4) is 0 Å². The van der Waals surface area contributed by atoms with Crippen molar-refractivity contribution in [3.8, 4) is 11.5 Å². The number of benzene rings is 2. The second-order valence-electron chi connectivity index (χ2n) is 5.69. The summed E-state index contributed by atoms with van der Waals surface area (Å²) in [7, 11) is 1.45. The molecule has 0 aliphatic heterocycles. The molecule has 0 bridgehead atoms. The van der Waals surface area contributed by atoms with E-state index < -0.39 is 5.78 Å². The maximum atomic E-state index is 12.9. The van der Waals surface area contributed by atoms with Gasteiger partial charge in [0.25, 0.3) is 0 Å². The van der Waals surface area contributed by atoms with E-state index >= 15 is 0 Å². The Hall–Kier alpha value is -2.88. The van der Waals surface area contributed by atoms with Crippen molar-refractivity contribution in [1.82, 2.24) is 0 Å². The van der Waals surface area contributed by atoms with Crippen LogP contribution in [-0.2, 0) is 0 Å². The normalized spacial score (nSPS) is 12.5.